The third-order valence-corrected chi connectivity index (χ3v) is 5.79. The predicted octanol–water partition coefficient (Wildman–Crippen LogP) is 0.448. The van der Waals surface area contributed by atoms with Gasteiger partial charge in [0, 0.05) is 45.1 Å². The molecule has 4 rings (SSSR count). The lowest BCUT2D eigenvalue weighted by molar-refractivity contribution is -0.121. The standard InChI is InChI=1S/C23H28N6O5/c1-13-11-29(12-14(2)34-13)22(32)16-6-4-15(5-7-16)10-24-18(30)9-8-17-25-19-20(26-17)28(3)23(33)27-21(19)31/h4-7,13-14H,8-12H2,1-3H3,(H,24,30)(H,25,26)(H,27,31,33). The fourth-order valence-corrected chi connectivity index (χ4v) is 4.08. The lowest BCUT2D eigenvalue weighted by atomic mass is 10.1. The Morgan fingerprint density at radius 2 is 1.79 bits per heavy atom. The number of carbonyl (C=O) groups is 2. The number of carbonyl (C=O) groups excluding carboxylic acids is 2. The van der Waals surface area contributed by atoms with Gasteiger partial charge < -0.3 is 19.9 Å². The maximum Gasteiger partial charge on any atom is 0.329 e. The topological polar surface area (TPSA) is 142 Å². The number of nitrogens with zero attached hydrogens (tertiary/aromatic N) is 3. The summed E-state index contributed by atoms with van der Waals surface area (Å²) in [7, 11) is 1.51. The molecule has 1 fully saturated rings. The van der Waals surface area contributed by atoms with E-state index in [2.05, 4.69) is 20.3 Å². The number of ether oxygens (including phenoxy) is 1. The normalized spacial score (nSPS) is 18.3. The van der Waals surface area contributed by atoms with Gasteiger partial charge in [0.15, 0.2) is 5.65 Å². The molecule has 0 saturated carbocycles. The Hall–Kier alpha value is -3.73. The number of amides is 2. The van der Waals surface area contributed by atoms with E-state index in [9.17, 15) is 19.2 Å². The average Bonchev–Trinajstić information content (AvgIpc) is 3.24. The molecule has 0 bridgehead atoms. The summed E-state index contributed by atoms with van der Waals surface area (Å²) in [5.41, 5.74) is 0.841. The summed E-state index contributed by atoms with van der Waals surface area (Å²) in [6, 6.07) is 7.19. The lowest BCUT2D eigenvalue weighted by Crippen LogP contribution is -2.48. The molecule has 1 saturated heterocycles. The number of imidazole rings is 1. The van der Waals surface area contributed by atoms with Crippen LogP contribution in [0.3, 0.4) is 0 Å². The first-order valence-electron chi connectivity index (χ1n) is 11.2. The molecule has 3 heterocycles. The van der Waals surface area contributed by atoms with Crippen molar-refractivity contribution in [2.45, 2.75) is 45.4 Å². The van der Waals surface area contributed by atoms with Gasteiger partial charge in [-0.3, -0.25) is 23.9 Å². The molecule has 2 aromatic heterocycles. The molecule has 3 N–H and O–H groups in total. The first kappa shape index (κ1) is 23.4. The van der Waals surface area contributed by atoms with Gasteiger partial charge in [0.2, 0.25) is 5.91 Å². The number of benzene rings is 1. The van der Waals surface area contributed by atoms with Crippen molar-refractivity contribution in [1.82, 2.24) is 29.7 Å². The first-order chi connectivity index (χ1) is 16.2. The minimum Gasteiger partial charge on any atom is -0.372 e. The largest absolute Gasteiger partial charge is 0.372 e. The van der Waals surface area contributed by atoms with Crippen LogP contribution in [-0.2, 0) is 29.5 Å². The SMILES string of the molecule is CC1CN(C(=O)c2ccc(CNC(=O)CCc3nc4c([nH]3)c(=O)[nH]c(=O)n4C)cc2)CC(C)O1. The highest BCUT2D eigenvalue weighted by molar-refractivity contribution is 5.94. The number of fused-ring (bicyclic) bond motifs is 1. The van der Waals surface area contributed by atoms with Crippen LogP contribution in [0.4, 0.5) is 0 Å². The highest BCUT2D eigenvalue weighted by Crippen LogP contribution is 2.15. The second-order valence-electron chi connectivity index (χ2n) is 8.64. The van der Waals surface area contributed by atoms with Crippen LogP contribution >= 0.6 is 0 Å². The maximum atomic E-state index is 12.8. The number of aromatic amines is 2. The van der Waals surface area contributed by atoms with Gasteiger partial charge in [-0.25, -0.2) is 9.78 Å². The van der Waals surface area contributed by atoms with Crippen LogP contribution in [0.2, 0.25) is 0 Å². The molecule has 180 valence electrons. The van der Waals surface area contributed by atoms with Crippen molar-refractivity contribution in [2.75, 3.05) is 13.1 Å². The van der Waals surface area contributed by atoms with E-state index in [1.165, 1.54) is 11.6 Å². The summed E-state index contributed by atoms with van der Waals surface area (Å²) >= 11 is 0. The van der Waals surface area contributed by atoms with Crippen LogP contribution in [0, 0.1) is 0 Å². The molecule has 11 heteroatoms. The van der Waals surface area contributed by atoms with Crippen molar-refractivity contribution < 1.29 is 14.3 Å². The monoisotopic (exact) mass is 468 g/mol. The number of morpholine rings is 1. The Balaban J connectivity index is 1.29. The van der Waals surface area contributed by atoms with Gasteiger partial charge in [0.05, 0.1) is 12.2 Å². The average molecular weight is 469 g/mol. The zero-order valence-corrected chi connectivity index (χ0v) is 19.4. The molecular weight excluding hydrogens is 440 g/mol. The third-order valence-electron chi connectivity index (χ3n) is 5.79. The van der Waals surface area contributed by atoms with Crippen molar-refractivity contribution in [3.8, 4) is 0 Å². The molecule has 3 aromatic rings. The van der Waals surface area contributed by atoms with Crippen LogP contribution in [0.5, 0.6) is 0 Å². The van der Waals surface area contributed by atoms with Crippen molar-refractivity contribution >= 4 is 23.0 Å². The molecule has 1 aliphatic heterocycles. The minimum atomic E-state index is -0.546. The smallest absolute Gasteiger partial charge is 0.329 e. The van der Waals surface area contributed by atoms with Crippen LogP contribution in [-0.4, -0.2) is 61.5 Å². The number of H-pyrrole nitrogens is 2. The summed E-state index contributed by atoms with van der Waals surface area (Å²) in [6.45, 7) is 5.37. The number of nitrogens with one attached hydrogen (secondary N) is 3. The van der Waals surface area contributed by atoms with Crippen molar-refractivity contribution in [1.29, 1.82) is 0 Å². The Morgan fingerprint density at radius 1 is 1.12 bits per heavy atom. The fraction of sp³-hybridized carbons (Fsp3) is 0.435. The zero-order chi connectivity index (χ0) is 24.4. The molecule has 0 aliphatic carbocycles. The molecule has 0 radical (unpaired) electrons. The van der Waals surface area contributed by atoms with Gasteiger partial charge >= 0.3 is 5.69 Å². The van der Waals surface area contributed by atoms with E-state index < -0.39 is 11.2 Å². The molecular formula is C23H28N6O5. The van der Waals surface area contributed by atoms with Gasteiger partial charge in [0.25, 0.3) is 11.5 Å². The molecule has 0 spiro atoms. The zero-order valence-electron chi connectivity index (χ0n) is 19.4. The highest BCUT2D eigenvalue weighted by atomic mass is 16.5. The Bertz CT molecular complexity index is 1310. The summed E-state index contributed by atoms with van der Waals surface area (Å²) in [6.07, 6.45) is 0.469. The van der Waals surface area contributed by atoms with E-state index in [0.717, 1.165) is 5.56 Å². The molecule has 11 nitrogen and oxygen atoms in total. The van der Waals surface area contributed by atoms with Crippen LogP contribution in [0.15, 0.2) is 33.9 Å². The van der Waals surface area contributed by atoms with Crippen LogP contribution in [0.1, 0.15) is 42.0 Å². The molecule has 2 amide bonds. The number of hydrogen-bond acceptors (Lipinski definition) is 6. The van der Waals surface area contributed by atoms with E-state index >= 15 is 0 Å². The minimum absolute atomic E-state index is 0.00868. The van der Waals surface area contributed by atoms with Gasteiger partial charge in [-0.15, -0.1) is 0 Å². The first-order valence-corrected chi connectivity index (χ1v) is 11.2. The van der Waals surface area contributed by atoms with Crippen molar-refractivity contribution in [2.24, 2.45) is 7.05 Å². The van der Waals surface area contributed by atoms with E-state index in [4.69, 9.17) is 4.74 Å². The van der Waals surface area contributed by atoms with Crippen molar-refractivity contribution in [3.05, 3.63) is 62.1 Å². The van der Waals surface area contributed by atoms with E-state index in [-0.39, 0.29) is 48.0 Å². The Kier molecular flexibility index (Phi) is 6.64. The summed E-state index contributed by atoms with van der Waals surface area (Å²) in [4.78, 5) is 59.8. The third kappa shape index (κ3) is 5.09. The molecule has 34 heavy (non-hydrogen) atoms. The second-order valence-corrected chi connectivity index (χ2v) is 8.64. The highest BCUT2D eigenvalue weighted by Gasteiger charge is 2.26. The van der Waals surface area contributed by atoms with Crippen LogP contribution in [0.25, 0.3) is 11.2 Å². The van der Waals surface area contributed by atoms with E-state index in [0.29, 0.717) is 31.0 Å². The van der Waals surface area contributed by atoms with Gasteiger partial charge in [-0.1, -0.05) is 12.1 Å². The van der Waals surface area contributed by atoms with Gasteiger partial charge in [-0.05, 0) is 31.5 Å². The summed E-state index contributed by atoms with van der Waals surface area (Å²) in [5, 5.41) is 2.84. The maximum absolute atomic E-state index is 12.8. The summed E-state index contributed by atoms with van der Waals surface area (Å²) in [5.74, 6) is 0.242. The Morgan fingerprint density at radius 3 is 2.47 bits per heavy atom. The van der Waals surface area contributed by atoms with Crippen LogP contribution < -0.4 is 16.6 Å². The molecule has 1 aliphatic rings. The number of aryl methyl sites for hydroxylation is 2. The molecule has 1 aromatic carbocycles. The number of hydrogen-bond donors (Lipinski definition) is 3. The quantitative estimate of drug-likeness (QED) is 0.479. The molecule has 2 atom stereocenters. The lowest BCUT2D eigenvalue weighted by Gasteiger charge is -2.35. The number of rotatable bonds is 6. The predicted molar refractivity (Wildman–Crippen MR) is 124 cm³/mol. The fourth-order valence-electron chi connectivity index (χ4n) is 4.08. The van der Waals surface area contributed by atoms with E-state index in [1.54, 1.807) is 17.0 Å². The molecule has 2 unspecified atom stereocenters. The number of aromatic nitrogens is 4. The van der Waals surface area contributed by atoms with Gasteiger partial charge in [-0.2, -0.15) is 0 Å². The second kappa shape index (κ2) is 9.64. The Labute approximate surface area is 195 Å². The summed E-state index contributed by atoms with van der Waals surface area (Å²) < 4.78 is 6.93. The van der Waals surface area contributed by atoms with Gasteiger partial charge in [0.1, 0.15) is 11.3 Å². The van der Waals surface area contributed by atoms with E-state index in [1.807, 2.05) is 26.0 Å². The van der Waals surface area contributed by atoms with Crippen molar-refractivity contribution in [3.63, 3.8) is 0 Å².